The number of methoxy groups -OCH3 is 1. The van der Waals surface area contributed by atoms with Crippen molar-refractivity contribution in [3.05, 3.63) is 23.3 Å². The highest BCUT2D eigenvalue weighted by Crippen LogP contribution is 2.43. The summed E-state index contributed by atoms with van der Waals surface area (Å²) >= 11 is 0. The number of fused-ring (bicyclic) bond motifs is 2. The molecule has 100 valence electrons. The molecule has 5 heteroatoms. The second-order valence-corrected chi connectivity index (χ2v) is 4.67. The number of hydrogen-bond acceptors (Lipinski definition) is 5. The van der Waals surface area contributed by atoms with Gasteiger partial charge in [0.2, 0.25) is 0 Å². The van der Waals surface area contributed by atoms with E-state index >= 15 is 0 Å². The molecule has 0 saturated heterocycles. The van der Waals surface area contributed by atoms with Gasteiger partial charge in [-0.15, -0.1) is 0 Å². The molecule has 3 rings (SSSR count). The summed E-state index contributed by atoms with van der Waals surface area (Å²) in [6.45, 7) is 2.04. The van der Waals surface area contributed by atoms with Crippen molar-refractivity contribution in [2.24, 2.45) is 0 Å². The Morgan fingerprint density at radius 3 is 2.95 bits per heavy atom. The monoisotopic (exact) mass is 262 g/mol. The number of rotatable bonds is 1. The lowest BCUT2D eigenvalue weighted by molar-refractivity contribution is -0.118. The number of ether oxygens (including phenoxy) is 3. The molecule has 2 aliphatic rings. The van der Waals surface area contributed by atoms with Gasteiger partial charge in [-0.1, -0.05) is 0 Å². The quantitative estimate of drug-likeness (QED) is 0.837. The summed E-state index contributed by atoms with van der Waals surface area (Å²) in [6, 6.07) is 3.11. The maximum Gasteiger partial charge on any atom is 0.169 e. The summed E-state index contributed by atoms with van der Waals surface area (Å²) in [4.78, 5) is 12.0. The van der Waals surface area contributed by atoms with E-state index in [1.54, 1.807) is 6.07 Å². The fourth-order valence-electron chi connectivity index (χ4n) is 2.36. The van der Waals surface area contributed by atoms with Gasteiger partial charge >= 0.3 is 0 Å². The lowest BCUT2D eigenvalue weighted by atomic mass is 9.96. The number of hydrogen-bond donors (Lipinski definition) is 1. The topological polar surface area (TPSA) is 65.0 Å². The first-order valence-corrected chi connectivity index (χ1v) is 6.07. The Kier molecular flexibility index (Phi) is 2.62. The lowest BCUT2D eigenvalue weighted by Gasteiger charge is -2.30. The van der Waals surface area contributed by atoms with E-state index in [4.69, 9.17) is 14.2 Å². The third kappa shape index (κ3) is 1.82. The van der Waals surface area contributed by atoms with Crippen molar-refractivity contribution in [1.82, 2.24) is 0 Å². The van der Waals surface area contributed by atoms with Crippen LogP contribution >= 0.6 is 0 Å². The van der Waals surface area contributed by atoms with Gasteiger partial charge in [-0.05, 0) is 13.0 Å². The second kappa shape index (κ2) is 4.19. The standard InChI is InChI=1S/C14H14O5/c1-7-3-10(15)9-6-18-12-5-11(16)13(17-2)4-8(12)14(9)19-7/h4-5,7,16H,3,6H2,1-2H3/t7-/m0/s1. The molecule has 1 aromatic rings. The van der Waals surface area contributed by atoms with Crippen molar-refractivity contribution < 1.29 is 24.1 Å². The van der Waals surface area contributed by atoms with Crippen LogP contribution in [0.2, 0.25) is 0 Å². The molecule has 0 saturated carbocycles. The normalized spacial score (nSPS) is 21.2. The smallest absolute Gasteiger partial charge is 0.169 e. The summed E-state index contributed by atoms with van der Waals surface area (Å²) in [5.41, 5.74) is 1.20. The fourth-order valence-corrected chi connectivity index (χ4v) is 2.36. The van der Waals surface area contributed by atoms with E-state index in [0.29, 0.717) is 34.8 Å². The van der Waals surface area contributed by atoms with Gasteiger partial charge in [0.25, 0.3) is 0 Å². The summed E-state index contributed by atoms with van der Waals surface area (Å²) in [7, 11) is 1.47. The maximum absolute atomic E-state index is 12.0. The zero-order valence-electron chi connectivity index (χ0n) is 10.7. The lowest BCUT2D eigenvalue weighted by Crippen LogP contribution is -2.28. The zero-order chi connectivity index (χ0) is 13.6. The number of benzene rings is 1. The van der Waals surface area contributed by atoms with Crippen LogP contribution in [0, 0.1) is 0 Å². The van der Waals surface area contributed by atoms with Gasteiger partial charge in [0.1, 0.15) is 24.2 Å². The minimum Gasteiger partial charge on any atom is -0.504 e. The van der Waals surface area contributed by atoms with E-state index in [1.165, 1.54) is 13.2 Å². The molecule has 0 bridgehead atoms. The van der Waals surface area contributed by atoms with Crippen LogP contribution < -0.4 is 9.47 Å². The van der Waals surface area contributed by atoms with Crippen molar-refractivity contribution in [1.29, 1.82) is 0 Å². The molecule has 1 N–H and O–H groups in total. The molecule has 1 aromatic carbocycles. The molecule has 0 unspecified atom stereocenters. The Bertz CT molecular complexity index is 588. The summed E-state index contributed by atoms with van der Waals surface area (Å²) in [6.07, 6.45) is 0.212. The van der Waals surface area contributed by atoms with Crippen LogP contribution in [0.5, 0.6) is 17.2 Å². The Morgan fingerprint density at radius 2 is 2.21 bits per heavy atom. The van der Waals surface area contributed by atoms with Gasteiger partial charge in [-0.3, -0.25) is 4.79 Å². The van der Waals surface area contributed by atoms with Crippen molar-refractivity contribution in [2.45, 2.75) is 19.4 Å². The minimum atomic E-state index is -0.156. The van der Waals surface area contributed by atoms with E-state index in [0.717, 1.165) is 0 Å². The van der Waals surface area contributed by atoms with Crippen molar-refractivity contribution in [3.8, 4) is 17.2 Å². The highest BCUT2D eigenvalue weighted by atomic mass is 16.5. The molecule has 0 spiro atoms. The summed E-state index contributed by atoms with van der Waals surface area (Å²) < 4.78 is 16.3. The van der Waals surface area contributed by atoms with Crippen LogP contribution in [0.15, 0.2) is 17.7 Å². The predicted molar refractivity (Wildman–Crippen MR) is 67.2 cm³/mol. The second-order valence-electron chi connectivity index (χ2n) is 4.67. The molecule has 0 aliphatic carbocycles. The molecule has 2 aliphatic heterocycles. The van der Waals surface area contributed by atoms with E-state index in [-0.39, 0.29) is 24.2 Å². The number of phenolic OH excluding ortho intramolecular Hbond substituents is 1. The largest absolute Gasteiger partial charge is 0.504 e. The average molecular weight is 262 g/mol. The Morgan fingerprint density at radius 1 is 1.42 bits per heavy atom. The number of phenols is 1. The third-order valence-electron chi connectivity index (χ3n) is 3.30. The highest BCUT2D eigenvalue weighted by Gasteiger charge is 2.33. The van der Waals surface area contributed by atoms with E-state index in [2.05, 4.69) is 0 Å². The van der Waals surface area contributed by atoms with Crippen LogP contribution in [0.4, 0.5) is 0 Å². The van der Waals surface area contributed by atoms with Crippen LogP contribution in [0.25, 0.3) is 5.76 Å². The molecule has 19 heavy (non-hydrogen) atoms. The molecule has 5 nitrogen and oxygen atoms in total. The number of carbonyl (C=O) groups is 1. The molecule has 0 fully saturated rings. The van der Waals surface area contributed by atoms with E-state index in [1.807, 2.05) is 6.92 Å². The Balaban J connectivity index is 2.16. The maximum atomic E-state index is 12.0. The van der Waals surface area contributed by atoms with Gasteiger partial charge < -0.3 is 19.3 Å². The van der Waals surface area contributed by atoms with Crippen LogP contribution in [0.3, 0.4) is 0 Å². The predicted octanol–water partition coefficient (Wildman–Crippen LogP) is 1.88. The molecule has 0 radical (unpaired) electrons. The van der Waals surface area contributed by atoms with Gasteiger partial charge in [-0.25, -0.2) is 0 Å². The molecular weight excluding hydrogens is 248 g/mol. The van der Waals surface area contributed by atoms with Crippen LogP contribution in [-0.4, -0.2) is 30.7 Å². The van der Waals surface area contributed by atoms with Crippen LogP contribution in [0.1, 0.15) is 18.9 Å². The molecule has 1 atom stereocenters. The first-order valence-electron chi connectivity index (χ1n) is 6.07. The fraction of sp³-hybridized carbons (Fsp3) is 0.357. The average Bonchev–Trinajstić information content (AvgIpc) is 2.37. The number of Topliss-reactive ketones (excluding diaryl/α,β-unsaturated/α-hetero) is 1. The van der Waals surface area contributed by atoms with Crippen molar-refractivity contribution >= 4 is 11.5 Å². The third-order valence-corrected chi connectivity index (χ3v) is 3.30. The van der Waals surface area contributed by atoms with E-state index in [9.17, 15) is 9.90 Å². The Hall–Kier alpha value is -2.17. The van der Waals surface area contributed by atoms with Crippen molar-refractivity contribution in [2.75, 3.05) is 13.7 Å². The number of aromatic hydroxyl groups is 1. The van der Waals surface area contributed by atoms with Crippen LogP contribution in [-0.2, 0) is 9.53 Å². The van der Waals surface area contributed by atoms with Gasteiger partial charge in [-0.2, -0.15) is 0 Å². The zero-order valence-corrected chi connectivity index (χ0v) is 10.7. The number of carbonyl (C=O) groups excluding carboxylic acids is 1. The van der Waals surface area contributed by atoms with Crippen molar-refractivity contribution in [3.63, 3.8) is 0 Å². The molecule has 0 aromatic heterocycles. The first kappa shape index (κ1) is 11.9. The highest BCUT2D eigenvalue weighted by molar-refractivity contribution is 6.04. The molecule has 0 amide bonds. The minimum absolute atomic E-state index is 0.000449. The van der Waals surface area contributed by atoms with E-state index < -0.39 is 0 Å². The molecular formula is C14H14O5. The SMILES string of the molecule is COc1cc2c(cc1O)OCC1=C2O[C@@H](C)CC1=O. The van der Waals surface area contributed by atoms with Gasteiger partial charge in [0.05, 0.1) is 18.2 Å². The molecule has 2 heterocycles. The Labute approximate surface area is 110 Å². The number of ketones is 1. The summed E-state index contributed by atoms with van der Waals surface area (Å²) in [5, 5.41) is 9.74. The van der Waals surface area contributed by atoms with Gasteiger partial charge in [0, 0.05) is 12.5 Å². The summed E-state index contributed by atoms with van der Waals surface area (Å²) in [5.74, 6) is 1.42. The van der Waals surface area contributed by atoms with Gasteiger partial charge in [0.15, 0.2) is 17.3 Å². The first-order chi connectivity index (χ1) is 9.10.